The van der Waals surface area contributed by atoms with Gasteiger partial charge in [0.15, 0.2) is 11.6 Å². The Morgan fingerprint density at radius 3 is 2.12 bits per heavy atom. The van der Waals surface area contributed by atoms with E-state index in [4.69, 9.17) is 0 Å². The van der Waals surface area contributed by atoms with Crippen molar-refractivity contribution >= 4 is 29.3 Å². The van der Waals surface area contributed by atoms with Gasteiger partial charge in [0.25, 0.3) is 5.91 Å². The standard InChI is InChI=1S/C25H23F2N3O4/c1-14-7-6-8-15(2)22(14)30-25(34)29-20-13-19(27)18(26)12-17(20)23(31)28-21(24(32)33)11-16-9-4-3-5-10-16/h3-10,12-13,21H,11H2,1-2H3,(H,28,31)(H,32,33)(H2,29,30,34)/t21-/m0/s1. The van der Waals surface area contributed by atoms with E-state index in [-0.39, 0.29) is 12.1 Å². The normalized spacial score (nSPS) is 11.4. The lowest BCUT2D eigenvalue weighted by atomic mass is 10.0. The molecule has 0 saturated carbocycles. The maximum absolute atomic E-state index is 14.0. The molecule has 0 bridgehead atoms. The molecule has 0 aliphatic heterocycles. The lowest BCUT2D eigenvalue weighted by molar-refractivity contribution is -0.139. The average Bonchev–Trinajstić information content (AvgIpc) is 2.78. The van der Waals surface area contributed by atoms with Crippen LogP contribution in [0, 0.1) is 25.5 Å². The van der Waals surface area contributed by atoms with Crippen molar-refractivity contribution in [3.05, 3.63) is 94.6 Å². The van der Waals surface area contributed by atoms with Crippen molar-refractivity contribution in [3.8, 4) is 0 Å². The van der Waals surface area contributed by atoms with Gasteiger partial charge in [0.05, 0.1) is 11.3 Å². The van der Waals surface area contributed by atoms with Crippen LogP contribution in [0.1, 0.15) is 27.0 Å². The van der Waals surface area contributed by atoms with E-state index in [0.29, 0.717) is 23.4 Å². The molecule has 0 saturated heterocycles. The monoisotopic (exact) mass is 467 g/mol. The highest BCUT2D eigenvalue weighted by Gasteiger charge is 2.24. The number of urea groups is 1. The highest BCUT2D eigenvalue weighted by molar-refractivity contribution is 6.07. The van der Waals surface area contributed by atoms with Crippen LogP contribution in [0.3, 0.4) is 0 Å². The number of hydrogen-bond acceptors (Lipinski definition) is 3. The molecule has 9 heteroatoms. The van der Waals surface area contributed by atoms with Crippen molar-refractivity contribution in [2.75, 3.05) is 10.6 Å². The summed E-state index contributed by atoms with van der Waals surface area (Å²) in [5, 5.41) is 16.8. The molecule has 34 heavy (non-hydrogen) atoms. The first-order valence-electron chi connectivity index (χ1n) is 10.4. The summed E-state index contributed by atoms with van der Waals surface area (Å²) in [6, 6.07) is 13.2. The Kier molecular flexibility index (Phi) is 7.57. The molecule has 0 aliphatic carbocycles. The van der Waals surface area contributed by atoms with Crippen LogP contribution in [0.25, 0.3) is 0 Å². The molecule has 0 aromatic heterocycles. The molecule has 3 rings (SSSR count). The minimum absolute atomic E-state index is 0.0264. The van der Waals surface area contributed by atoms with E-state index in [9.17, 15) is 28.3 Å². The van der Waals surface area contributed by atoms with Crippen LogP contribution in [-0.4, -0.2) is 29.1 Å². The van der Waals surface area contributed by atoms with Gasteiger partial charge in [-0.15, -0.1) is 0 Å². The van der Waals surface area contributed by atoms with Crippen LogP contribution >= 0.6 is 0 Å². The van der Waals surface area contributed by atoms with Gasteiger partial charge in [-0.3, -0.25) is 4.79 Å². The SMILES string of the molecule is Cc1cccc(C)c1NC(=O)Nc1cc(F)c(F)cc1C(=O)N[C@@H](Cc1ccccc1)C(=O)O. The molecule has 0 radical (unpaired) electrons. The van der Waals surface area contributed by atoms with Gasteiger partial charge < -0.3 is 21.1 Å². The second-order valence-corrected chi connectivity index (χ2v) is 7.71. The van der Waals surface area contributed by atoms with Gasteiger partial charge in [-0.25, -0.2) is 18.4 Å². The molecular formula is C25H23F2N3O4. The third kappa shape index (κ3) is 5.94. The van der Waals surface area contributed by atoms with Crippen LogP contribution in [-0.2, 0) is 11.2 Å². The third-order valence-electron chi connectivity index (χ3n) is 5.16. The van der Waals surface area contributed by atoms with Gasteiger partial charge in [-0.05, 0) is 36.6 Å². The number of carboxylic acid groups (broad SMARTS) is 1. The molecule has 176 valence electrons. The van der Waals surface area contributed by atoms with Gasteiger partial charge >= 0.3 is 12.0 Å². The largest absolute Gasteiger partial charge is 0.480 e. The molecule has 0 aliphatic rings. The minimum Gasteiger partial charge on any atom is -0.480 e. The number of amides is 3. The Hall–Kier alpha value is -4.27. The second kappa shape index (κ2) is 10.6. The number of carboxylic acids is 1. The highest BCUT2D eigenvalue weighted by Crippen LogP contribution is 2.23. The summed E-state index contributed by atoms with van der Waals surface area (Å²) >= 11 is 0. The Morgan fingerprint density at radius 2 is 1.50 bits per heavy atom. The molecule has 0 heterocycles. The van der Waals surface area contributed by atoms with Gasteiger partial charge in [0, 0.05) is 18.2 Å². The molecule has 3 amide bonds. The Bertz CT molecular complexity index is 1210. The Labute approximate surface area is 194 Å². The number of halogens is 2. The fraction of sp³-hybridized carbons (Fsp3) is 0.160. The van der Waals surface area contributed by atoms with E-state index in [2.05, 4.69) is 16.0 Å². The van der Waals surface area contributed by atoms with Crippen molar-refractivity contribution < 1.29 is 28.3 Å². The van der Waals surface area contributed by atoms with E-state index in [1.165, 1.54) is 0 Å². The van der Waals surface area contributed by atoms with E-state index >= 15 is 0 Å². The fourth-order valence-electron chi connectivity index (χ4n) is 3.40. The molecule has 4 N–H and O–H groups in total. The minimum atomic E-state index is -1.33. The highest BCUT2D eigenvalue weighted by atomic mass is 19.2. The van der Waals surface area contributed by atoms with Gasteiger partial charge in [0.1, 0.15) is 6.04 Å². The molecule has 0 spiro atoms. The molecule has 0 fully saturated rings. The van der Waals surface area contributed by atoms with Gasteiger partial charge in [-0.2, -0.15) is 0 Å². The smallest absolute Gasteiger partial charge is 0.326 e. The topological polar surface area (TPSA) is 108 Å². The summed E-state index contributed by atoms with van der Waals surface area (Å²) in [5.74, 6) is -4.88. The molecule has 3 aromatic carbocycles. The number of rotatable bonds is 7. The van der Waals surface area contributed by atoms with Crippen LogP contribution in [0.4, 0.5) is 25.0 Å². The lowest BCUT2D eigenvalue weighted by Gasteiger charge is -2.18. The van der Waals surface area contributed by atoms with Crippen molar-refractivity contribution in [3.63, 3.8) is 0 Å². The van der Waals surface area contributed by atoms with Crippen molar-refractivity contribution in [1.82, 2.24) is 5.32 Å². The maximum Gasteiger partial charge on any atom is 0.326 e. The second-order valence-electron chi connectivity index (χ2n) is 7.71. The average molecular weight is 467 g/mol. The summed E-state index contributed by atoms with van der Waals surface area (Å²) in [6.07, 6.45) is -0.0264. The third-order valence-corrected chi connectivity index (χ3v) is 5.16. The molecule has 1 atom stereocenters. The maximum atomic E-state index is 14.0. The Balaban J connectivity index is 1.83. The predicted octanol–water partition coefficient (Wildman–Crippen LogP) is 4.65. The van der Waals surface area contributed by atoms with E-state index < -0.39 is 41.1 Å². The quantitative estimate of drug-likeness (QED) is 0.406. The van der Waals surface area contributed by atoms with Crippen LogP contribution in [0.5, 0.6) is 0 Å². The van der Waals surface area contributed by atoms with E-state index in [1.807, 2.05) is 6.07 Å². The number of carbonyl (C=O) groups is 3. The van der Waals surface area contributed by atoms with Crippen LogP contribution in [0.15, 0.2) is 60.7 Å². The van der Waals surface area contributed by atoms with Gasteiger partial charge in [0.2, 0.25) is 0 Å². The van der Waals surface area contributed by atoms with Crippen molar-refractivity contribution in [2.24, 2.45) is 0 Å². The van der Waals surface area contributed by atoms with Crippen molar-refractivity contribution in [1.29, 1.82) is 0 Å². The van der Waals surface area contributed by atoms with Crippen LogP contribution < -0.4 is 16.0 Å². The number of carbonyl (C=O) groups excluding carboxylic acids is 2. The predicted molar refractivity (Wildman–Crippen MR) is 124 cm³/mol. The number of benzene rings is 3. The van der Waals surface area contributed by atoms with Crippen LogP contribution in [0.2, 0.25) is 0 Å². The summed E-state index contributed by atoms with van der Waals surface area (Å²) in [5.41, 5.74) is 2.01. The summed E-state index contributed by atoms with van der Waals surface area (Å²) < 4.78 is 27.9. The number of para-hydroxylation sites is 1. The molecular weight excluding hydrogens is 444 g/mol. The van der Waals surface area contributed by atoms with Gasteiger partial charge in [-0.1, -0.05) is 48.5 Å². The van der Waals surface area contributed by atoms with E-state index in [0.717, 1.165) is 11.1 Å². The first kappa shape index (κ1) is 24.4. The molecule has 3 aromatic rings. The molecule has 0 unspecified atom stereocenters. The summed E-state index contributed by atoms with van der Waals surface area (Å²) in [4.78, 5) is 37.1. The first-order chi connectivity index (χ1) is 16.2. The lowest BCUT2D eigenvalue weighted by Crippen LogP contribution is -2.42. The summed E-state index contributed by atoms with van der Waals surface area (Å²) in [6.45, 7) is 3.58. The van der Waals surface area contributed by atoms with Crippen molar-refractivity contribution in [2.45, 2.75) is 26.3 Å². The number of aliphatic carboxylic acids is 1. The number of nitrogens with one attached hydrogen (secondary N) is 3. The fourth-order valence-corrected chi connectivity index (χ4v) is 3.40. The number of hydrogen-bond donors (Lipinski definition) is 4. The molecule has 7 nitrogen and oxygen atoms in total. The Morgan fingerprint density at radius 1 is 0.882 bits per heavy atom. The zero-order valence-electron chi connectivity index (χ0n) is 18.5. The zero-order valence-corrected chi connectivity index (χ0v) is 18.5. The zero-order chi connectivity index (χ0) is 24.8. The number of anilines is 2. The number of aryl methyl sites for hydroxylation is 2. The van der Waals surface area contributed by atoms with E-state index in [1.54, 1.807) is 56.3 Å². The first-order valence-corrected chi connectivity index (χ1v) is 10.4. The summed E-state index contributed by atoms with van der Waals surface area (Å²) in [7, 11) is 0.